The summed E-state index contributed by atoms with van der Waals surface area (Å²) in [4.78, 5) is 24.9. The van der Waals surface area contributed by atoms with Crippen LogP contribution in [0.1, 0.15) is 26.3 Å². The Kier molecular flexibility index (Phi) is 7.20. The molecule has 0 fully saturated rings. The number of rotatable bonds is 7. The Balaban J connectivity index is 1.99. The summed E-state index contributed by atoms with van der Waals surface area (Å²) in [5.41, 5.74) is 1.52. The first-order chi connectivity index (χ1) is 16.6. The third-order valence-corrected chi connectivity index (χ3v) is 10.2. The molecule has 4 aromatic rings. The molecule has 0 amide bonds. The van der Waals surface area contributed by atoms with Gasteiger partial charge in [0.05, 0.1) is 31.5 Å². The van der Waals surface area contributed by atoms with Crippen LogP contribution in [0.5, 0.6) is 0 Å². The molecule has 0 aliphatic heterocycles. The molecule has 0 N–H and O–H groups in total. The van der Waals surface area contributed by atoms with Crippen molar-refractivity contribution in [3.05, 3.63) is 126 Å². The summed E-state index contributed by atoms with van der Waals surface area (Å²) in [6.07, 6.45) is 0.625. The second kappa shape index (κ2) is 10.5. The molecular formula is C29H26O4P+. The number of esters is 2. The van der Waals surface area contributed by atoms with Gasteiger partial charge in [-0.25, -0.2) is 9.59 Å². The van der Waals surface area contributed by atoms with E-state index >= 15 is 0 Å². The van der Waals surface area contributed by atoms with E-state index in [4.69, 9.17) is 9.47 Å². The Labute approximate surface area is 200 Å². The lowest BCUT2D eigenvalue weighted by Crippen LogP contribution is -2.32. The van der Waals surface area contributed by atoms with E-state index < -0.39 is 19.2 Å². The van der Waals surface area contributed by atoms with Crippen molar-refractivity contribution in [2.45, 2.75) is 6.16 Å². The zero-order valence-electron chi connectivity index (χ0n) is 19.2. The molecule has 34 heavy (non-hydrogen) atoms. The van der Waals surface area contributed by atoms with Crippen LogP contribution in [0.2, 0.25) is 0 Å². The average molecular weight is 469 g/mol. The van der Waals surface area contributed by atoms with Gasteiger partial charge in [-0.2, -0.15) is 0 Å². The molecule has 4 nitrogen and oxygen atoms in total. The standard InChI is InChI=1S/C29H26O4P/c1-32-28(30)23-18-22(19-24(20-23)29(31)33-2)21-34(25-12-6-3-7-13-25,26-14-8-4-9-15-26)27-16-10-5-11-17-27/h3-20H,21H2,1-2H3/q+1. The van der Waals surface area contributed by atoms with Crippen molar-refractivity contribution in [1.29, 1.82) is 0 Å². The van der Waals surface area contributed by atoms with Crippen LogP contribution in [0, 0.1) is 0 Å². The van der Waals surface area contributed by atoms with Crippen molar-refractivity contribution in [3.63, 3.8) is 0 Å². The van der Waals surface area contributed by atoms with Crippen LogP contribution in [0.25, 0.3) is 0 Å². The smallest absolute Gasteiger partial charge is 0.337 e. The lowest BCUT2D eigenvalue weighted by Gasteiger charge is -2.28. The minimum absolute atomic E-state index is 0.327. The zero-order valence-corrected chi connectivity index (χ0v) is 20.1. The molecule has 0 aliphatic rings. The van der Waals surface area contributed by atoms with Gasteiger partial charge < -0.3 is 9.47 Å². The number of hydrogen-bond donors (Lipinski definition) is 0. The third-order valence-electron chi connectivity index (χ3n) is 5.85. The van der Waals surface area contributed by atoms with Crippen molar-refractivity contribution < 1.29 is 19.1 Å². The minimum Gasteiger partial charge on any atom is -0.465 e. The van der Waals surface area contributed by atoms with E-state index in [0.717, 1.165) is 5.56 Å². The lowest BCUT2D eigenvalue weighted by atomic mass is 10.1. The highest BCUT2D eigenvalue weighted by molar-refractivity contribution is 7.95. The van der Waals surface area contributed by atoms with Crippen LogP contribution in [0.3, 0.4) is 0 Å². The quantitative estimate of drug-likeness (QED) is 0.290. The molecule has 0 saturated heterocycles. The molecule has 0 saturated carbocycles. The number of carbonyl (C=O) groups is 2. The van der Waals surface area contributed by atoms with Gasteiger partial charge in [0.2, 0.25) is 0 Å². The van der Waals surface area contributed by atoms with E-state index in [1.54, 1.807) is 0 Å². The maximum Gasteiger partial charge on any atom is 0.337 e. The Hall–Kier alpha value is -3.75. The van der Waals surface area contributed by atoms with Crippen LogP contribution in [-0.4, -0.2) is 26.2 Å². The van der Waals surface area contributed by atoms with Crippen molar-refractivity contribution in [2.24, 2.45) is 0 Å². The summed E-state index contributed by atoms with van der Waals surface area (Å²) in [7, 11) is 0.474. The highest BCUT2D eigenvalue weighted by Crippen LogP contribution is 2.58. The number of hydrogen-bond acceptors (Lipinski definition) is 4. The molecule has 4 rings (SSSR count). The molecule has 0 atom stereocenters. The molecule has 4 aromatic carbocycles. The summed E-state index contributed by atoms with van der Waals surface area (Å²) in [6.45, 7) is 0. The third kappa shape index (κ3) is 4.64. The normalized spacial score (nSPS) is 11.0. The van der Waals surface area contributed by atoms with E-state index in [0.29, 0.717) is 17.3 Å². The zero-order chi connectivity index (χ0) is 24.0. The summed E-state index contributed by atoms with van der Waals surface area (Å²) in [5.74, 6) is -0.981. The molecule has 0 heterocycles. The van der Waals surface area contributed by atoms with Gasteiger partial charge in [0.1, 0.15) is 23.2 Å². The Morgan fingerprint density at radius 1 is 0.588 bits per heavy atom. The molecule has 0 spiro atoms. The fourth-order valence-corrected chi connectivity index (χ4v) is 8.51. The molecule has 170 valence electrons. The monoisotopic (exact) mass is 469 g/mol. The average Bonchev–Trinajstić information content (AvgIpc) is 2.92. The molecule has 0 aliphatic carbocycles. The maximum atomic E-state index is 12.4. The van der Waals surface area contributed by atoms with Crippen LogP contribution in [0.15, 0.2) is 109 Å². The summed E-state index contributed by atoms with van der Waals surface area (Å²) in [5, 5.41) is 3.65. The van der Waals surface area contributed by atoms with E-state index in [-0.39, 0.29) is 0 Å². The van der Waals surface area contributed by atoms with Crippen LogP contribution >= 0.6 is 7.26 Å². The van der Waals surface area contributed by atoms with Crippen molar-refractivity contribution >= 4 is 35.1 Å². The lowest BCUT2D eigenvalue weighted by molar-refractivity contribution is 0.0599. The SMILES string of the molecule is COC(=O)c1cc(C[P+](c2ccccc2)(c2ccccc2)c2ccccc2)cc(C(=O)OC)c1. The van der Waals surface area contributed by atoms with Crippen molar-refractivity contribution in [3.8, 4) is 0 Å². The molecular weight excluding hydrogens is 443 g/mol. The van der Waals surface area contributed by atoms with E-state index in [1.807, 2.05) is 30.3 Å². The van der Waals surface area contributed by atoms with E-state index in [1.165, 1.54) is 36.2 Å². The predicted octanol–water partition coefficient (Wildman–Crippen LogP) is 4.75. The maximum absolute atomic E-state index is 12.4. The summed E-state index contributed by atoms with van der Waals surface area (Å²) in [6, 6.07) is 36.5. The molecule has 5 heteroatoms. The molecule has 0 unspecified atom stereocenters. The highest BCUT2D eigenvalue weighted by Gasteiger charge is 2.45. The van der Waals surface area contributed by atoms with Crippen molar-refractivity contribution in [1.82, 2.24) is 0 Å². The number of methoxy groups -OCH3 is 2. The summed E-state index contributed by atoms with van der Waals surface area (Å²) < 4.78 is 9.92. The van der Waals surface area contributed by atoms with Gasteiger partial charge in [0, 0.05) is 0 Å². The van der Waals surface area contributed by atoms with E-state index in [9.17, 15) is 9.59 Å². The van der Waals surface area contributed by atoms with Gasteiger partial charge in [-0.15, -0.1) is 0 Å². The largest absolute Gasteiger partial charge is 0.465 e. The predicted molar refractivity (Wildman–Crippen MR) is 138 cm³/mol. The highest BCUT2D eigenvalue weighted by atomic mass is 31.2. The Morgan fingerprint density at radius 2 is 0.941 bits per heavy atom. The van der Waals surface area contributed by atoms with Gasteiger partial charge in [0.15, 0.2) is 0 Å². The first-order valence-corrected chi connectivity index (χ1v) is 12.9. The fraction of sp³-hybridized carbons (Fsp3) is 0.103. The Bertz CT molecular complexity index is 1140. The van der Waals surface area contributed by atoms with Crippen LogP contribution in [0.4, 0.5) is 0 Å². The molecule has 0 radical (unpaired) electrons. The van der Waals surface area contributed by atoms with E-state index in [2.05, 4.69) is 72.8 Å². The number of carbonyl (C=O) groups excluding carboxylic acids is 2. The minimum atomic E-state index is -2.20. The second-order valence-electron chi connectivity index (χ2n) is 7.88. The van der Waals surface area contributed by atoms with Gasteiger partial charge in [-0.05, 0) is 60.2 Å². The van der Waals surface area contributed by atoms with Crippen molar-refractivity contribution in [2.75, 3.05) is 14.2 Å². The van der Waals surface area contributed by atoms with Gasteiger partial charge in [0.25, 0.3) is 0 Å². The second-order valence-corrected chi connectivity index (χ2v) is 11.4. The van der Waals surface area contributed by atoms with Crippen LogP contribution < -0.4 is 15.9 Å². The summed E-state index contributed by atoms with van der Waals surface area (Å²) >= 11 is 0. The Morgan fingerprint density at radius 3 is 1.26 bits per heavy atom. The van der Waals surface area contributed by atoms with Gasteiger partial charge in [-0.3, -0.25) is 0 Å². The number of ether oxygens (including phenoxy) is 2. The fourth-order valence-electron chi connectivity index (χ4n) is 4.30. The van der Waals surface area contributed by atoms with Gasteiger partial charge >= 0.3 is 11.9 Å². The van der Waals surface area contributed by atoms with Crippen LogP contribution in [-0.2, 0) is 15.6 Å². The molecule has 0 bridgehead atoms. The van der Waals surface area contributed by atoms with Gasteiger partial charge in [-0.1, -0.05) is 54.6 Å². The first-order valence-electron chi connectivity index (χ1n) is 10.9. The number of benzene rings is 4. The first kappa shape index (κ1) is 23.4. The molecule has 0 aromatic heterocycles. The topological polar surface area (TPSA) is 52.6 Å².